The Morgan fingerprint density at radius 1 is 1.05 bits per heavy atom. The SMILES string of the molecule is COc1ccc(CCCC(F)F)cc1C(=O)NC1C2CCC(/C2=C/C2CCC2)C1C(=O)Nc1ccc(F)c(C(F)(F)F)c1. The van der Waals surface area contributed by atoms with Gasteiger partial charge in [-0.05, 0) is 86.3 Å². The number of methoxy groups -OCH3 is 1. The minimum atomic E-state index is -4.93. The number of ether oxygens (including phenoxy) is 1. The fourth-order valence-corrected chi connectivity index (χ4v) is 6.73. The predicted octanol–water partition coefficient (Wildman–Crippen LogP) is 7.56. The summed E-state index contributed by atoms with van der Waals surface area (Å²) in [6.45, 7) is 0. The van der Waals surface area contributed by atoms with E-state index in [2.05, 4.69) is 16.7 Å². The van der Waals surface area contributed by atoms with Crippen LogP contribution < -0.4 is 15.4 Å². The fraction of sp³-hybridized carbons (Fsp3) is 0.500. The average Bonchev–Trinajstić information content (AvgIpc) is 3.45. The van der Waals surface area contributed by atoms with Crippen molar-refractivity contribution in [2.75, 3.05) is 12.4 Å². The Morgan fingerprint density at radius 2 is 1.79 bits per heavy atom. The standard InChI is InChI=1S/C32H34F6N2O3/c1-43-26-13-8-18(6-3-7-27(34)35)15-23(26)30(41)40-29-21-11-10-20(22(21)14-17-4-2-5-17)28(29)31(42)39-19-9-12-25(33)24(16-19)32(36,37)38/h8-9,12-17,20-21,27-29H,2-7,10-11H2,1H3,(H,39,42)(H,40,41)/b22-14-. The van der Waals surface area contributed by atoms with Gasteiger partial charge in [0.1, 0.15) is 11.6 Å². The first-order valence-electron chi connectivity index (χ1n) is 14.6. The smallest absolute Gasteiger partial charge is 0.419 e. The number of amides is 2. The second-order valence-electron chi connectivity index (χ2n) is 11.7. The molecule has 4 atom stereocenters. The molecule has 3 fully saturated rings. The van der Waals surface area contributed by atoms with Crippen LogP contribution in [0.3, 0.4) is 0 Å². The summed E-state index contributed by atoms with van der Waals surface area (Å²) in [7, 11) is 1.41. The van der Waals surface area contributed by atoms with Crippen molar-refractivity contribution >= 4 is 17.5 Å². The Bertz CT molecular complexity index is 1390. The van der Waals surface area contributed by atoms with Gasteiger partial charge in [0.05, 0.1) is 24.2 Å². The maximum absolute atomic E-state index is 13.9. The van der Waals surface area contributed by atoms with Crippen molar-refractivity contribution in [3.63, 3.8) is 0 Å². The molecule has 0 saturated heterocycles. The molecule has 5 nitrogen and oxygen atoms in total. The highest BCUT2D eigenvalue weighted by Crippen LogP contribution is 2.54. The summed E-state index contributed by atoms with van der Waals surface area (Å²) in [4.78, 5) is 27.4. The Kier molecular flexibility index (Phi) is 9.08. The minimum Gasteiger partial charge on any atom is -0.496 e. The third-order valence-corrected chi connectivity index (χ3v) is 9.01. The molecule has 0 aromatic heterocycles. The lowest BCUT2D eigenvalue weighted by atomic mass is 9.82. The molecule has 2 aromatic carbocycles. The van der Waals surface area contributed by atoms with Crippen molar-refractivity contribution in [2.45, 2.75) is 70.0 Å². The van der Waals surface area contributed by atoms with Gasteiger partial charge < -0.3 is 15.4 Å². The van der Waals surface area contributed by atoms with Crippen LogP contribution in [-0.4, -0.2) is 31.4 Å². The fourth-order valence-electron chi connectivity index (χ4n) is 6.73. The lowest BCUT2D eigenvalue weighted by molar-refractivity contribution is -0.140. The van der Waals surface area contributed by atoms with E-state index in [0.29, 0.717) is 36.5 Å². The van der Waals surface area contributed by atoms with Gasteiger partial charge in [-0.3, -0.25) is 9.59 Å². The second kappa shape index (κ2) is 12.6. The highest BCUT2D eigenvalue weighted by Gasteiger charge is 2.55. The summed E-state index contributed by atoms with van der Waals surface area (Å²) < 4.78 is 84.5. The molecule has 43 heavy (non-hydrogen) atoms. The van der Waals surface area contributed by atoms with Crippen molar-refractivity contribution in [1.82, 2.24) is 5.32 Å². The van der Waals surface area contributed by atoms with Crippen molar-refractivity contribution in [3.05, 3.63) is 70.6 Å². The summed E-state index contributed by atoms with van der Waals surface area (Å²) in [5.74, 6) is -2.87. The van der Waals surface area contributed by atoms with Gasteiger partial charge in [0.2, 0.25) is 12.3 Å². The maximum atomic E-state index is 13.9. The number of allylic oxidation sites excluding steroid dienone is 1. The van der Waals surface area contributed by atoms with Crippen molar-refractivity contribution < 1.29 is 40.7 Å². The zero-order valence-electron chi connectivity index (χ0n) is 23.7. The molecule has 0 aliphatic heterocycles. The molecule has 2 bridgehead atoms. The van der Waals surface area contributed by atoms with Crippen molar-refractivity contribution in [2.24, 2.45) is 23.7 Å². The number of aryl methyl sites for hydroxylation is 1. The lowest BCUT2D eigenvalue weighted by Gasteiger charge is -2.30. The van der Waals surface area contributed by atoms with Crippen molar-refractivity contribution in [1.29, 1.82) is 0 Å². The van der Waals surface area contributed by atoms with Crippen LogP contribution in [-0.2, 0) is 17.4 Å². The molecule has 0 heterocycles. The number of halogens is 6. The number of carbonyl (C=O) groups is 2. The molecule has 2 amide bonds. The van der Waals surface area contributed by atoms with E-state index in [-0.39, 0.29) is 41.7 Å². The van der Waals surface area contributed by atoms with Gasteiger partial charge in [0.15, 0.2) is 0 Å². The molecule has 4 unspecified atom stereocenters. The van der Waals surface area contributed by atoms with Gasteiger partial charge in [0, 0.05) is 24.1 Å². The monoisotopic (exact) mass is 608 g/mol. The number of fused-ring (bicyclic) bond motifs is 2. The summed E-state index contributed by atoms with van der Waals surface area (Å²) in [5, 5.41) is 5.57. The van der Waals surface area contributed by atoms with Gasteiger partial charge in [0.25, 0.3) is 5.91 Å². The van der Waals surface area contributed by atoms with Crippen LogP contribution in [0.1, 0.15) is 66.4 Å². The Labute approximate surface area is 246 Å². The number of nitrogens with one attached hydrogen (secondary N) is 2. The van der Waals surface area contributed by atoms with Crippen LogP contribution in [0.5, 0.6) is 5.75 Å². The second-order valence-corrected chi connectivity index (χ2v) is 11.7. The van der Waals surface area contributed by atoms with E-state index in [1.165, 1.54) is 7.11 Å². The predicted molar refractivity (Wildman–Crippen MR) is 148 cm³/mol. The van der Waals surface area contributed by atoms with Crippen LogP contribution in [0, 0.1) is 29.5 Å². The van der Waals surface area contributed by atoms with E-state index in [4.69, 9.17) is 4.74 Å². The normalized spacial score (nSPS) is 24.3. The lowest BCUT2D eigenvalue weighted by Crippen LogP contribution is -2.48. The van der Waals surface area contributed by atoms with Gasteiger partial charge >= 0.3 is 6.18 Å². The van der Waals surface area contributed by atoms with Crippen LogP contribution in [0.2, 0.25) is 0 Å². The molecule has 3 aliphatic carbocycles. The zero-order chi connectivity index (χ0) is 30.9. The first-order valence-corrected chi connectivity index (χ1v) is 14.6. The molecule has 2 N–H and O–H groups in total. The number of carbonyl (C=O) groups excluding carboxylic acids is 2. The molecule has 0 radical (unpaired) electrons. The van der Waals surface area contributed by atoms with Crippen LogP contribution >= 0.6 is 0 Å². The summed E-state index contributed by atoms with van der Waals surface area (Å²) in [6, 6.07) is 6.61. The van der Waals surface area contributed by atoms with E-state index in [1.54, 1.807) is 18.2 Å². The number of anilines is 1. The number of benzene rings is 2. The molecule has 3 saturated carbocycles. The highest BCUT2D eigenvalue weighted by atomic mass is 19.4. The number of hydrogen-bond acceptors (Lipinski definition) is 3. The largest absolute Gasteiger partial charge is 0.496 e. The minimum absolute atomic E-state index is 0.121. The van der Waals surface area contributed by atoms with E-state index < -0.39 is 47.8 Å². The van der Waals surface area contributed by atoms with Crippen LogP contribution in [0.15, 0.2) is 48.0 Å². The molecular formula is C32H34F6N2O3. The molecular weight excluding hydrogens is 574 g/mol. The molecule has 232 valence electrons. The average molecular weight is 609 g/mol. The number of hydrogen-bond donors (Lipinski definition) is 2. The van der Waals surface area contributed by atoms with E-state index in [9.17, 15) is 35.9 Å². The number of rotatable bonds is 10. The Morgan fingerprint density at radius 3 is 2.44 bits per heavy atom. The molecule has 5 rings (SSSR count). The summed E-state index contributed by atoms with van der Waals surface area (Å²) >= 11 is 0. The third-order valence-electron chi connectivity index (χ3n) is 9.01. The maximum Gasteiger partial charge on any atom is 0.419 e. The molecule has 0 spiro atoms. The molecule has 11 heteroatoms. The Hall–Kier alpha value is -3.50. The highest BCUT2D eigenvalue weighted by molar-refractivity contribution is 5.99. The third kappa shape index (κ3) is 6.70. The molecule has 2 aromatic rings. The summed E-state index contributed by atoms with van der Waals surface area (Å²) in [6.07, 6.45) is -0.151. The quantitative estimate of drug-likeness (QED) is 0.216. The van der Waals surface area contributed by atoms with Crippen LogP contribution in [0.25, 0.3) is 0 Å². The first kappa shape index (κ1) is 30.9. The van der Waals surface area contributed by atoms with Gasteiger partial charge in [-0.1, -0.05) is 24.1 Å². The number of alkyl halides is 5. The van der Waals surface area contributed by atoms with Gasteiger partial charge in [-0.25, -0.2) is 13.2 Å². The van der Waals surface area contributed by atoms with Crippen LogP contribution in [0.4, 0.5) is 32.0 Å². The van der Waals surface area contributed by atoms with Gasteiger partial charge in [-0.2, -0.15) is 13.2 Å². The van der Waals surface area contributed by atoms with Crippen molar-refractivity contribution in [3.8, 4) is 5.75 Å². The van der Waals surface area contributed by atoms with E-state index in [1.807, 2.05) is 0 Å². The Balaban J connectivity index is 1.41. The molecule has 3 aliphatic rings. The van der Waals surface area contributed by atoms with Gasteiger partial charge in [-0.15, -0.1) is 0 Å². The zero-order valence-corrected chi connectivity index (χ0v) is 23.7. The van der Waals surface area contributed by atoms with E-state index in [0.717, 1.165) is 37.3 Å². The topological polar surface area (TPSA) is 67.4 Å². The first-order chi connectivity index (χ1) is 20.5. The van der Waals surface area contributed by atoms with E-state index >= 15 is 0 Å². The summed E-state index contributed by atoms with van der Waals surface area (Å²) in [5.41, 5.74) is 0.328.